The second kappa shape index (κ2) is 7.10. The van der Waals surface area contributed by atoms with Crippen LogP contribution in [0.1, 0.15) is 12.5 Å². The second-order valence-corrected chi connectivity index (χ2v) is 4.12. The molecule has 0 spiro atoms. The van der Waals surface area contributed by atoms with Crippen LogP contribution in [0, 0.1) is 0 Å². The van der Waals surface area contributed by atoms with Crippen molar-refractivity contribution in [2.24, 2.45) is 4.99 Å². The lowest BCUT2D eigenvalue weighted by atomic mass is 10.2. The molecule has 1 amide bonds. The standard InChI is InChI=1S/C13H13N5O.2ClH/c1-2-14-13-17-10(12(19)18-13)6-8-7-16-11-9(8)4-3-5-15-11;;/h3-7H,2H2,1H3,(H,15,16)(H2,14,17,18,19);2*1H/b10-6-;;. The van der Waals surface area contributed by atoms with Crippen molar-refractivity contribution in [1.82, 2.24) is 20.6 Å². The maximum atomic E-state index is 11.8. The van der Waals surface area contributed by atoms with Gasteiger partial charge in [0.05, 0.1) is 0 Å². The normalized spacial score (nSPS) is 15.2. The molecule has 0 atom stereocenters. The maximum absolute atomic E-state index is 11.8. The van der Waals surface area contributed by atoms with E-state index >= 15 is 0 Å². The number of carbonyl (C=O) groups is 1. The Morgan fingerprint density at radius 1 is 1.38 bits per heavy atom. The Balaban J connectivity index is 0.00000110. The van der Waals surface area contributed by atoms with Crippen molar-refractivity contribution in [3.05, 3.63) is 35.8 Å². The number of pyridine rings is 1. The van der Waals surface area contributed by atoms with Crippen LogP contribution < -0.4 is 10.6 Å². The zero-order valence-corrected chi connectivity index (χ0v) is 12.8. The summed E-state index contributed by atoms with van der Waals surface area (Å²) >= 11 is 0. The Morgan fingerprint density at radius 3 is 2.95 bits per heavy atom. The number of halogens is 2. The number of H-pyrrole nitrogens is 1. The molecule has 0 bridgehead atoms. The molecule has 3 heterocycles. The lowest BCUT2D eigenvalue weighted by molar-refractivity contribution is -0.115. The Morgan fingerprint density at radius 2 is 2.19 bits per heavy atom. The average Bonchev–Trinajstić information content (AvgIpc) is 2.96. The van der Waals surface area contributed by atoms with E-state index in [1.165, 1.54) is 0 Å². The third-order valence-corrected chi connectivity index (χ3v) is 2.82. The highest BCUT2D eigenvalue weighted by atomic mass is 35.5. The number of fused-ring (bicyclic) bond motifs is 1. The van der Waals surface area contributed by atoms with Gasteiger partial charge in [-0.05, 0) is 25.1 Å². The number of nitrogens with zero attached hydrogens (tertiary/aromatic N) is 2. The molecule has 6 nitrogen and oxygen atoms in total. The highest BCUT2D eigenvalue weighted by molar-refractivity contribution is 6.14. The van der Waals surface area contributed by atoms with Crippen LogP contribution in [0.15, 0.2) is 35.2 Å². The van der Waals surface area contributed by atoms with Gasteiger partial charge in [0.15, 0.2) is 0 Å². The summed E-state index contributed by atoms with van der Waals surface area (Å²) in [6, 6.07) is 3.81. The van der Waals surface area contributed by atoms with Crippen molar-refractivity contribution < 1.29 is 4.79 Å². The van der Waals surface area contributed by atoms with E-state index in [-0.39, 0.29) is 30.7 Å². The molecule has 112 valence electrons. The van der Waals surface area contributed by atoms with E-state index in [2.05, 4.69) is 25.6 Å². The van der Waals surface area contributed by atoms with Crippen LogP contribution in [-0.2, 0) is 4.79 Å². The van der Waals surface area contributed by atoms with E-state index in [1.807, 2.05) is 25.3 Å². The fourth-order valence-electron chi connectivity index (χ4n) is 1.96. The summed E-state index contributed by atoms with van der Waals surface area (Å²) in [5.41, 5.74) is 2.08. The molecule has 0 radical (unpaired) electrons. The number of aliphatic imine (C=N–C) groups is 1. The SMILES string of the molecule is CCNC1=N/C(=C\c2c[nH]c3ncccc23)C(=O)N1.Cl.Cl. The fraction of sp³-hybridized carbons (Fsp3) is 0.154. The predicted molar refractivity (Wildman–Crippen MR) is 87.8 cm³/mol. The maximum Gasteiger partial charge on any atom is 0.276 e. The molecule has 2 aromatic rings. The van der Waals surface area contributed by atoms with Crippen molar-refractivity contribution in [1.29, 1.82) is 0 Å². The average molecular weight is 328 g/mol. The number of rotatable bonds is 2. The monoisotopic (exact) mass is 327 g/mol. The summed E-state index contributed by atoms with van der Waals surface area (Å²) in [6.07, 6.45) is 5.29. The van der Waals surface area contributed by atoms with Gasteiger partial charge < -0.3 is 10.3 Å². The van der Waals surface area contributed by atoms with Gasteiger partial charge >= 0.3 is 0 Å². The number of carbonyl (C=O) groups excluding carboxylic acids is 1. The number of hydrogen-bond acceptors (Lipinski definition) is 4. The van der Waals surface area contributed by atoms with Crippen LogP contribution in [0.25, 0.3) is 17.1 Å². The Hall–Kier alpha value is -2.05. The number of nitrogens with one attached hydrogen (secondary N) is 3. The molecule has 0 saturated heterocycles. The Bertz CT molecular complexity index is 707. The predicted octanol–water partition coefficient (Wildman–Crippen LogP) is 1.84. The Labute approximate surface area is 133 Å². The van der Waals surface area contributed by atoms with Gasteiger partial charge in [-0.2, -0.15) is 0 Å². The lowest BCUT2D eigenvalue weighted by Gasteiger charge is -1.98. The third kappa shape index (κ3) is 3.34. The minimum Gasteiger partial charge on any atom is -0.356 e. The minimum absolute atomic E-state index is 0. The second-order valence-electron chi connectivity index (χ2n) is 4.12. The van der Waals surface area contributed by atoms with Crippen LogP contribution >= 0.6 is 24.8 Å². The zero-order chi connectivity index (χ0) is 13.2. The van der Waals surface area contributed by atoms with Gasteiger partial charge in [0.1, 0.15) is 11.3 Å². The molecule has 2 aromatic heterocycles. The molecule has 0 fully saturated rings. The lowest BCUT2D eigenvalue weighted by Crippen LogP contribution is -2.35. The summed E-state index contributed by atoms with van der Waals surface area (Å²) in [7, 11) is 0. The van der Waals surface area contributed by atoms with E-state index in [4.69, 9.17) is 0 Å². The molecule has 8 heteroatoms. The van der Waals surface area contributed by atoms with Gasteiger partial charge in [-0.1, -0.05) is 0 Å². The first-order valence-electron chi connectivity index (χ1n) is 6.05. The largest absolute Gasteiger partial charge is 0.356 e. The van der Waals surface area contributed by atoms with Crippen LogP contribution in [0.5, 0.6) is 0 Å². The van der Waals surface area contributed by atoms with Crippen LogP contribution in [0.4, 0.5) is 0 Å². The van der Waals surface area contributed by atoms with Gasteiger partial charge in [-0.15, -0.1) is 24.8 Å². The number of hydrogen-bond donors (Lipinski definition) is 3. The van der Waals surface area contributed by atoms with Crippen molar-refractivity contribution in [2.75, 3.05) is 6.54 Å². The highest BCUT2D eigenvalue weighted by Crippen LogP contribution is 2.20. The van der Waals surface area contributed by atoms with E-state index < -0.39 is 0 Å². The summed E-state index contributed by atoms with van der Waals surface area (Å²) in [4.78, 5) is 23.2. The van der Waals surface area contributed by atoms with Crippen molar-refractivity contribution >= 4 is 53.8 Å². The van der Waals surface area contributed by atoms with Crippen LogP contribution in [0.2, 0.25) is 0 Å². The molecule has 3 N–H and O–H groups in total. The van der Waals surface area contributed by atoms with Gasteiger partial charge in [0.2, 0.25) is 5.96 Å². The number of guanidine groups is 1. The van der Waals surface area contributed by atoms with E-state index in [9.17, 15) is 4.79 Å². The fourth-order valence-corrected chi connectivity index (χ4v) is 1.96. The summed E-state index contributed by atoms with van der Waals surface area (Å²) < 4.78 is 0. The molecule has 0 aromatic carbocycles. The first-order valence-corrected chi connectivity index (χ1v) is 6.05. The van der Waals surface area contributed by atoms with Gasteiger partial charge in [-0.25, -0.2) is 9.98 Å². The Kier molecular flexibility index (Phi) is 5.75. The molecule has 1 aliphatic rings. The van der Waals surface area contributed by atoms with Gasteiger partial charge in [-0.3, -0.25) is 10.1 Å². The molecule has 0 unspecified atom stereocenters. The molecular weight excluding hydrogens is 313 g/mol. The van der Waals surface area contributed by atoms with E-state index in [1.54, 1.807) is 12.3 Å². The van der Waals surface area contributed by atoms with Crippen LogP contribution in [-0.4, -0.2) is 28.4 Å². The topological polar surface area (TPSA) is 82.2 Å². The molecular formula is C13H15Cl2N5O. The zero-order valence-electron chi connectivity index (χ0n) is 11.2. The first-order chi connectivity index (χ1) is 9.28. The van der Waals surface area contributed by atoms with Crippen LogP contribution in [0.3, 0.4) is 0 Å². The number of amides is 1. The smallest absolute Gasteiger partial charge is 0.276 e. The van der Waals surface area contributed by atoms with E-state index in [0.717, 1.165) is 16.6 Å². The molecule has 0 saturated carbocycles. The van der Waals surface area contributed by atoms with Crippen molar-refractivity contribution in [2.45, 2.75) is 6.92 Å². The van der Waals surface area contributed by atoms with Gasteiger partial charge in [0.25, 0.3) is 5.91 Å². The summed E-state index contributed by atoms with van der Waals surface area (Å²) in [5, 5.41) is 6.62. The van der Waals surface area contributed by atoms with E-state index in [0.29, 0.717) is 18.2 Å². The van der Waals surface area contributed by atoms with Gasteiger partial charge in [0, 0.05) is 29.9 Å². The minimum atomic E-state index is -0.200. The quantitative estimate of drug-likeness (QED) is 0.736. The van der Waals surface area contributed by atoms with Crippen molar-refractivity contribution in [3.8, 4) is 0 Å². The number of aromatic amines is 1. The summed E-state index contributed by atoms with van der Waals surface area (Å²) in [6.45, 7) is 2.66. The van der Waals surface area contributed by atoms with Crippen molar-refractivity contribution in [3.63, 3.8) is 0 Å². The summed E-state index contributed by atoms with van der Waals surface area (Å²) in [5.74, 6) is 0.297. The molecule has 3 rings (SSSR count). The first kappa shape index (κ1) is 17.0. The third-order valence-electron chi connectivity index (χ3n) is 2.82. The molecule has 0 aliphatic carbocycles. The molecule has 1 aliphatic heterocycles. The number of aromatic nitrogens is 2. The molecule has 21 heavy (non-hydrogen) atoms. The highest BCUT2D eigenvalue weighted by Gasteiger charge is 2.19.